The Hall–Kier alpha value is -1.55. The molecule has 0 spiro atoms. The Bertz CT molecular complexity index is 406. The summed E-state index contributed by atoms with van der Waals surface area (Å²) in [7, 11) is 1.44. The van der Waals surface area contributed by atoms with Crippen LogP contribution in [0.25, 0.3) is 0 Å². The monoisotopic (exact) mass is 234 g/mol. The summed E-state index contributed by atoms with van der Waals surface area (Å²) in [6.07, 6.45) is 1.87. The molecule has 92 valence electrons. The number of carbonyl (C=O) groups is 1. The first kappa shape index (κ1) is 11.9. The van der Waals surface area contributed by atoms with E-state index in [1.54, 1.807) is 0 Å². The Labute approximate surface area is 101 Å². The minimum absolute atomic E-state index is 0.158. The van der Waals surface area contributed by atoms with Gasteiger partial charge in [0.15, 0.2) is 0 Å². The van der Waals surface area contributed by atoms with Gasteiger partial charge in [0.2, 0.25) is 0 Å². The first-order valence-corrected chi connectivity index (χ1v) is 5.90. The maximum absolute atomic E-state index is 11.7. The third-order valence-corrected chi connectivity index (χ3v) is 3.25. The number of rotatable bonds is 3. The molecule has 0 amide bonds. The first-order valence-electron chi connectivity index (χ1n) is 5.90. The van der Waals surface area contributed by atoms with Crippen LogP contribution in [0.15, 0.2) is 24.3 Å². The topological polar surface area (TPSA) is 55.6 Å². The van der Waals surface area contributed by atoms with Crippen LogP contribution in [-0.4, -0.2) is 25.7 Å². The summed E-state index contributed by atoms with van der Waals surface area (Å²) < 4.78 is 4.85. The molecule has 1 saturated heterocycles. The van der Waals surface area contributed by atoms with Crippen molar-refractivity contribution in [2.45, 2.75) is 25.4 Å². The lowest BCUT2D eigenvalue weighted by Crippen LogP contribution is -2.37. The van der Waals surface area contributed by atoms with E-state index in [1.807, 2.05) is 24.3 Å². The maximum Gasteiger partial charge on any atom is 0.328 e. The van der Waals surface area contributed by atoms with Gasteiger partial charge in [0.05, 0.1) is 7.11 Å². The van der Waals surface area contributed by atoms with Crippen molar-refractivity contribution in [2.24, 2.45) is 5.73 Å². The average Bonchev–Trinajstić information content (AvgIpc) is 2.86. The van der Waals surface area contributed by atoms with Crippen LogP contribution in [0.4, 0.5) is 5.69 Å². The molecule has 0 radical (unpaired) electrons. The third kappa shape index (κ3) is 2.26. The smallest absolute Gasteiger partial charge is 0.328 e. The molecular weight excluding hydrogens is 216 g/mol. The normalized spacial score (nSPS) is 19.4. The van der Waals surface area contributed by atoms with Crippen molar-refractivity contribution in [3.05, 3.63) is 29.8 Å². The molecule has 0 aromatic heterocycles. The zero-order chi connectivity index (χ0) is 12.3. The molecule has 2 N–H and O–H groups in total. The first-order chi connectivity index (χ1) is 8.27. The zero-order valence-corrected chi connectivity index (χ0v) is 10.1. The van der Waals surface area contributed by atoms with Crippen LogP contribution < -0.4 is 10.6 Å². The number of nitrogens with two attached hydrogens (primary N) is 1. The Morgan fingerprint density at radius 2 is 2.29 bits per heavy atom. The lowest BCUT2D eigenvalue weighted by molar-refractivity contribution is -0.141. The molecule has 1 aromatic carbocycles. The van der Waals surface area contributed by atoms with Gasteiger partial charge >= 0.3 is 5.97 Å². The molecule has 1 fully saturated rings. The number of esters is 1. The summed E-state index contributed by atoms with van der Waals surface area (Å²) in [5.74, 6) is -0.158. The van der Waals surface area contributed by atoms with Crippen LogP contribution in [0, 0.1) is 0 Å². The van der Waals surface area contributed by atoms with E-state index < -0.39 is 0 Å². The number of benzene rings is 1. The number of anilines is 1. The number of methoxy groups -OCH3 is 1. The van der Waals surface area contributed by atoms with Gasteiger partial charge in [-0.05, 0) is 24.5 Å². The highest BCUT2D eigenvalue weighted by Crippen LogP contribution is 2.28. The molecule has 2 rings (SSSR count). The highest BCUT2D eigenvalue weighted by Gasteiger charge is 2.32. The van der Waals surface area contributed by atoms with Crippen molar-refractivity contribution < 1.29 is 9.53 Å². The fourth-order valence-electron chi connectivity index (χ4n) is 2.40. The van der Waals surface area contributed by atoms with E-state index in [9.17, 15) is 4.79 Å². The van der Waals surface area contributed by atoms with Crippen LogP contribution in [-0.2, 0) is 16.1 Å². The van der Waals surface area contributed by atoms with E-state index in [0.29, 0.717) is 6.54 Å². The number of para-hydroxylation sites is 1. The zero-order valence-electron chi connectivity index (χ0n) is 10.1. The van der Waals surface area contributed by atoms with Gasteiger partial charge in [-0.15, -0.1) is 0 Å². The van der Waals surface area contributed by atoms with Gasteiger partial charge < -0.3 is 15.4 Å². The second-order valence-corrected chi connectivity index (χ2v) is 4.21. The Kier molecular flexibility index (Phi) is 3.64. The lowest BCUT2D eigenvalue weighted by Gasteiger charge is -2.26. The van der Waals surface area contributed by atoms with Gasteiger partial charge in [-0.25, -0.2) is 4.79 Å². The van der Waals surface area contributed by atoms with Gasteiger partial charge in [0.1, 0.15) is 6.04 Å². The van der Waals surface area contributed by atoms with Crippen LogP contribution in [0.2, 0.25) is 0 Å². The van der Waals surface area contributed by atoms with Gasteiger partial charge in [-0.2, -0.15) is 0 Å². The predicted octanol–water partition coefficient (Wildman–Crippen LogP) is 1.29. The number of nitrogens with zero attached hydrogens (tertiary/aromatic N) is 1. The molecule has 0 bridgehead atoms. The molecule has 4 heteroatoms. The minimum atomic E-state index is -0.160. The predicted molar refractivity (Wildman–Crippen MR) is 66.7 cm³/mol. The summed E-state index contributed by atoms with van der Waals surface area (Å²) in [6, 6.07) is 7.80. The van der Waals surface area contributed by atoms with E-state index in [0.717, 1.165) is 30.6 Å². The molecule has 4 nitrogen and oxygen atoms in total. The number of hydrogen-bond acceptors (Lipinski definition) is 4. The van der Waals surface area contributed by atoms with Crippen molar-refractivity contribution >= 4 is 11.7 Å². The second kappa shape index (κ2) is 5.19. The van der Waals surface area contributed by atoms with Crippen LogP contribution in [0.3, 0.4) is 0 Å². The molecule has 1 atom stereocenters. The summed E-state index contributed by atoms with van der Waals surface area (Å²) in [5, 5.41) is 0. The quantitative estimate of drug-likeness (QED) is 0.801. The van der Waals surface area contributed by atoms with Gasteiger partial charge in [-0.3, -0.25) is 0 Å². The molecule has 1 unspecified atom stereocenters. The Morgan fingerprint density at radius 1 is 1.53 bits per heavy atom. The van der Waals surface area contributed by atoms with E-state index in [4.69, 9.17) is 10.5 Å². The lowest BCUT2D eigenvalue weighted by atomic mass is 10.1. The SMILES string of the molecule is COC(=O)C1CCCN1c1ccccc1CN. The molecule has 1 aromatic rings. The summed E-state index contributed by atoms with van der Waals surface area (Å²) >= 11 is 0. The molecule has 0 aliphatic carbocycles. The highest BCUT2D eigenvalue weighted by atomic mass is 16.5. The molecule has 1 heterocycles. The summed E-state index contributed by atoms with van der Waals surface area (Å²) in [5.41, 5.74) is 7.86. The molecule has 1 aliphatic heterocycles. The van der Waals surface area contributed by atoms with Crippen LogP contribution >= 0.6 is 0 Å². The van der Waals surface area contributed by atoms with E-state index in [-0.39, 0.29) is 12.0 Å². The number of ether oxygens (including phenoxy) is 1. The molecule has 0 saturated carbocycles. The fourth-order valence-corrected chi connectivity index (χ4v) is 2.40. The third-order valence-electron chi connectivity index (χ3n) is 3.25. The second-order valence-electron chi connectivity index (χ2n) is 4.21. The number of hydrogen-bond donors (Lipinski definition) is 1. The van der Waals surface area contributed by atoms with Crippen molar-refractivity contribution in [2.75, 3.05) is 18.6 Å². The van der Waals surface area contributed by atoms with Crippen molar-refractivity contribution in [3.8, 4) is 0 Å². The number of carbonyl (C=O) groups excluding carboxylic acids is 1. The van der Waals surface area contributed by atoms with Crippen molar-refractivity contribution in [3.63, 3.8) is 0 Å². The van der Waals surface area contributed by atoms with Crippen molar-refractivity contribution in [1.82, 2.24) is 0 Å². The largest absolute Gasteiger partial charge is 0.467 e. The molecule has 1 aliphatic rings. The average molecular weight is 234 g/mol. The van der Waals surface area contributed by atoms with E-state index in [2.05, 4.69) is 4.90 Å². The summed E-state index contributed by atoms with van der Waals surface area (Å²) in [4.78, 5) is 13.8. The minimum Gasteiger partial charge on any atom is -0.467 e. The van der Waals surface area contributed by atoms with Crippen LogP contribution in [0.5, 0.6) is 0 Å². The Morgan fingerprint density at radius 3 is 3.00 bits per heavy atom. The van der Waals surface area contributed by atoms with E-state index >= 15 is 0 Å². The maximum atomic E-state index is 11.7. The van der Waals surface area contributed by atoms with Crippen molar-refractivity contribution in [1.29, 1.82) is 0 Å². The Balaban J connectivity index is 2.29. The van der Waals surface area contributed by atoms with Gasteiger partial charge in [0, 0.05) is 18.8 Å². The van der Waals surface area contributed by atoms with E-state index in [1.165, 1.54) is 7.11 Å². The van der Waals surface area contributed by atoms with Gasteiger partial charge in [0.25, 0.3) is 0 Å². The highest BCUT2D eigenvalue weighted by molar-refractivity contribution is 5.81. The van der Waals surface area contributed by atoms with Gasteiger partial charge in [-0.1, -0.05) is 18.2 Å². The van der Waals surface area contributed by atoms with Crippen LogP contribution in [0.1, 0.15) is 18.4 Å². The summed E-state index contributed by atoms with van der Waals surface area (Å²) in [6.45, 7) is 1.37. The molecule has 17 heavy (non-hydrogen) atoms. The fraction of sp³-hybridized carbons (Fsp3) is 0.462. The molecular formula is C13H18N2O2. The standard InChI is InChI=1S/C13H18N2O2/c1-17-13(16)12-7-4-8-15(12)11-6-3-2-5-10(11)9-14/h2-3,5-6,12H,4,7-9,14H2,1H3.